The normalized spacial score (nSPS) is 10.6. The number of amides is 1. The standard InChI is InChI=1S/C22H20N6O3S/c1-12-18(32-21(24-12)14-8-9-16(30-3)17(11-14)31-4)20(29)28-22-26-13(2)25-19(27-22)15-7-5-6-10-23-15/h5-11H,1-4H3,(H,25,26,27,28,29). The van der Waals surface area contributed by atoms with Crippen LogP contribution in [0.4, 0.5) is 5.95 Å². The number of pyridine rings is 1. The van der Waals surface area contributed by atoms with Gasteiger partial charge in [-0.25, -0.2) is 9.97 Å². The third-order valence-corrected chi connectivity index (χ3v) is 5.71. The Balaban J connectivity index is 1.60. The number of hydrogen-bond acceptors (Lipinski definition) is 9. The van der Waals surface area contributed by atoms with E-state index in [9.17, 15) is 4.79 Å². The van der Waals surface area contributed by atoms with E-state index in [-0.39, 0.29) is 11.9 Å². The highest BCUT2D eigenvalue weighted by molar-refractivity contribution is 7.17. The minimum Gasteiger partial charge on any atom is -0.493 e. The van der Waals surface area contributed by atoms with E-state index in [2.05, 4.69) is 30.2 Å². The van der Waals surface area contributed by atoms with E-state index in [1.165, 1.54) is 11.3 Å². The molecule has 3 aromatic heterocycles. The van der Waals surface area contributed by atoms with E-state index in [0.717, 1.165) is 5.56 Å². The van der Waals surface area contributed by atoms with E-state index >= 15 is 0 Å². The van der Waals surface area contributed by atoms with Crippen LogP contribution in [0.1, 0.15) is 21.2 Å². The lowest BCUT2D eigenvalue weighted by Crippen LogP contribution is -2.15. The monoisotopic (exact) mass is 448 g/mol. The van der Waals surface area contributed by atoms with Gasteiger partial charge in [-0.15, -0.1) is 11.3 Å². The van der Waals surface area contributed by atoms with E-state index in [1.807, 2.05) is 24.3 Å². The number of aromatic nitrogens is 5. The maximum atomic E-state index is 13.0. The number of nitrogens with zero attached hydrogens (tertiary/aromatic N) is 5. The largest absolute Gasteiger partial charge is 0.493 e. The number of ether oxygens (including phenoxy) is 2. The van der Waals surface area contributed by atoms with Gasteiger partial charge in [0.05, 0.1) is 19.9 Å². The first kappa shape index (κ1) is 21.3. The number of nitrogens with one attached hydrogen (secondary N) is 1. The average Bonchev–Trinajstić information content (AvgIpc) is 3.20. The van der Waals surface area contributed by atoms with Crippen LogP contribution >= 0.6 is 11.3 Å². The number of carbonyl (C=O) groups is 1. The summed E-state index contributed by atoms with van der Waals surface area (Å²) in [6.45, 7) is 3.52. The molecule has 0 bridgehead atoms. The second-order valence-corrected chi connectivity index (χ2v) is 7.70. The van der Waals surface area contributed by atoms with Crippen LogP contribution in [0.3, 0.4) is 0 Å². The molecule has 0 atom stereocenters. The lowest BCUT2D eigenvalue weighted by Gasteiger charge is -2.08. The van der Waals surface area contributed by atoms with Crippen molar-refractivity contribution in [2.24, 2.45) is 0 Å². The summed E-state index contributed by atoms with van der Waals surface area (Å²) in [7, 11) is 3.15. The van der Waals surface area contributed by atoms with Crippen molar-refractivity contribution in [3.8, 4) is 33.6 Å². The Kier molecular flexibility index (Phi) is 6.04. The molecule has 162 valence electrons. The third kappa shape index (κ3) is 4.40. The molecule has 4 aromatic rings. The van der Waals surface area contributed by atoms with Crippen molar-refractivity contribution in [1.82, 2.24) is 24.9 Å². The Labute approximate surface area is 188 Å². The minimum absolute atomic E-state index is 0.156. The summed E-state index contributed by atoms with van der Waals surface area (Å²) in [6.07, 6.45) is 1.66. The topological polar surface area (TPSA) is 112 Å². The summed E-state index contributed by atoms with van der Waals surface area (Å²) in [4.78, 5) is 35.1. The van der Waals surface area contributed by atoms with E-state index in [1.54, 1.807) is 46.4 Å². The Morgan fingerprint density at radius 2 is 1.78 bits per heavy atom. The van der Waals surface area contributed by atoms with Crippen LogP contribution in [0.2, 0.25) is 0 Å². The molecule has 0 saturated heterocycles. The summed E-state index contributed by atoms with van der Waals surface area (Å²) in [5, 5.41) is 3.44. The molecule has 0 spiro atoms. The molecule has 0 aliphatic heterocycles. The van der Waals surface area contributed by atoms with Crippen molar-refractivity contribution in [3.05, 3.63) is 59.0 Å². The highest BCUT2D eigenvalue weighted by Crippen LogP contribution is 2.35. The maximum Gasteiger partial charge on any atom is 0.270 e. The Hall–Kier alpha value is -3.92. The predicted octanol–water partition coefficient (Wildman–Crippen LogP) is 3.94. The molecular formula is C22H20N6O3S. The summed E-state index contributed by atoms with van der Waals surface area (Å²) < 4.78 is 10.6. The van der Waals surface area contributed by atoms with Gasteiger partial charge in [-0.2, -0.15) is 9.97 Å². The SMILES string of the molecule is COc1ccc(-c2nc(C)c(C(=O)Nc3nc(C)nc(-c4ccccn4)n3)s2)cc1OC. The van der Waals surface area contributed by atoms with Crippen molar-refractivity contribution in [2.75, 3.05) is 19.5 Å². The van der Waals surface area contributed by atoms with Crippen molar-refractivity contribution < 1.29 is 14.3 Å². The number of rotatable bonds is 6. The van der Waals surface area contributed by atoms with Gasteiger partial charge in [0, 0.05) is 11.8 Å². The summed E-state index contributed by atoms with van der Waals surface area (Å²) in [5.74, 6) is 1.89. The van der Waals surface area contributed by atoms with Gasteiger partial charge in [0.25, 0.3) is 5.91 Å². The first-order valence-corrected chi connectivity index (χ1v) is 10.5. The van der Waals surface area contributed by atoms with Crippen LogP contribution < -0.4 is 14.8 Å². The van der Waals surface area contributed by atoms with E-state index in [4.69, 9.17) is 9.47 Å². The average molecular weight is 449 g/mol. The van der Waals surface area contributed by atoms with Crippen molar-refractivity contribution in [3.63, 3.8) is 0 Å². The number of methoxy groups -OCH3 is 2. The fourth-order valence-electron chi connectivity index (χ4n) is 3.01. The summed E-state index contributed by atoms with van der Waals surface area (Å²) in [5.41, 5.74) is 2.02. The zero-order chi connectivity index (χ0) is 22.7. The zero-order valence-corrected chi connectivity index (χ0v) is 18.7. The fraction of sp³-hybridized carbons (Fsp3) is 0.182. The smallest absolute Gasteiger partial charge is 0.270 e. The van der Waals surface area contributed by atoms with Gasteiger partial charge < -0.3 is 9.47 Å². The van der Waals surface area contributed by atoms with Crippen molar-refractivity contribution in [2.45, 2.75) is 13.8 Å². The Morgan fingerprint density at radius 3 is 2.50 bits per heavy atom. The van der Waals surface area contributed by atoms with Gasteiger partial charge in [-0.3, -0.25) is 15.1 Å². The number of benzene rings is 1. The number of aryl methyl sites for hydroxylation is 2. The molecule has 0 fully saturated rings. The van der Waals surface area contributed by atoms with Crippen LogP contribution in [0.25, 0.3) is 22.1 Å². The van der Waals surface area contributed by atoms with Gasteiger partial charge in [0.15, 0.2) is 17.3 Å². The minimum atomic E-state index is -0.343. The molecule has 10 heteroatoms. The third-order valence-electron chi connectivity index (χ3n) is 4.50. The molecule has 0 aliphatic carbocycles. The van der Waals surface area contributed by atoms with Gasteiger partial charge in [-0.05, 0) is 44.2 Å². The maximum absolute atomic E-state index is 13.0. The highest BCUT2D eigenvalue weighted by atomic mass is 32.1. The molecule has 4 rings (SSSR count). The molecular weight excluding hydrogens is 428 g/mol. The molecule has 0 unspecified atom stereocenters. The van der Waals surface area contributed by atoms with Crippen molar-refractivity contribution >= 4 is 23.2 Å². The number of hydrogen-bond donors (Lipinski definition) is 1. The molecule has 0 aliphatic rings. The number of anilines is 1. The summed E-state index contributed by atoms with van der Waals surface area (Å²) in [6, 6.07) is 10.9. The van der Waals surface area contributed by atoms with Crippen LogP contribution in [-0.4, -0.2) is 45.0 Å². The first-order chi connectivity index (χ1) is 15.5. The fourth-order valence-corrected chi connectivity index (χ4v) is 3.96. The quantitative estimate of drug-likeness (QED) is 0.472. The van der Waals surface area contributed by atoms with Gasteiger partial charge in [0.1, 0.15) is 21.4 Å². The van der Waals surface area contributed by atoms with Gasteiger partial charge in [-0.1, -0.05) is 6.07 Å². The first-order valence-electron chi connectivity index (χ1n) is 9.63. The number of thiazole rings is 1. The summed E-state index contributed by atoms with van der Waals surface area (Å²) >= 11 is 1.27. The second-order valence-electron chi connectivity index (χ2n) is 6.70. The molecule has 3 heterocycles. The molecule has 32 heavy (non-hydrogen) atoms. The van der Waals surface area contributed by atoms with Crippen LogP contribution in [0.15, 0.2) is 42.6 Å². The van der Waals surface area contributed by atoms with Crippen LogP contribution in [0.5, 0.6) is 11.5 Å². The second kappa shape index (κ2) is 9.06. The lowest BCUT2D eigenvalue weighted by atomic mass is 10.2. The lowest BCUT2D eigenvalue weighted by molar-refractivity contribution is 0.102. The Morgan fingerprint density at radius 1 is 0.969 bits per heavy atom. The van der Waals surface area contributed by atoms with Gasteiger partial charge >= 0.3 is 0 Å². The predicted molar refractivity (Wildman–Crippen MR) is 121 cm³/mol. The van der Waals surface area contributed by atoms with Crippen molar-refractivity contribution in [1.29, 1.82) is 0 Å². The molecule has 1 aromatic carbocycles. The van der Waals surface area contributed by atoms with E-state index in [0.29, 0.717) is 44.4 Å². The van der Waals surface area contributed by atoms with Crippen LogP contribution in [0, 0.1) is 13.8 Å². The molecule has 0 radical (unpaired) electrons. The molecule has 9 nitrogen and oxygen atoms in total. The molecule has 0 saturated carbocycles. The van der Waals surface area contributed by atoms with E-state index < -0.39 is 0 Å². The zero-order valence-electron chi connectivity index (χ0n) is 17.9. The molecule has 1 amide bonds. The number of carbonyl (C=O) groups excluding carboxylic acids is 1. The Bertz CT molecular complexity index is 1280. The highest BCUT2D eigenvalue weighted by Gasteiger charge is 2.19. The van der Waals surface area contributed by atoms with Crippen LogP contribution in [-0.2, 0) is 0 Å². The van der Waals surface area contributed by atoms with Gasteiger partial charge in [0.2, 0.25) is 5.95 Å². The molecule has 1 N–H and O–H groups in total.